The molecule has 0 unspecified atom stereocenters. The first kappa shape index (κ1) is 16.2. The Kier molecular flexibility index (Phi) is 5.56. The van der Waals surface area contributed by atoms with E-state index in [0.717, 1.165) is 45.9 Å². The smallest absolute Gasteiger partial charge is 0.162 e. The number of anilines is 1. The summed E-state index contributed by atoms with van der Waals surface area (Å²) in [5.41, 5.74) is 4.79. The zero-order valence-electron chi connectivity index (χ0n) is 13.1. The molecule has 1 aromatic heterocycles. The lowest BCUT2D eigenvalue weighted by Crippen LogP contribution is -2.08. The van der Waals surface area contributed by atoms with Crippen molar-refractivity contribution in [2.24, 2.45) is 0 Å². The summed E-state index contributed by atoms with van der Waals surface area (Å²) in [6.07, 6.45) is 2.07. The van der Waals surface area contributed by atoms with E-state index in [9.17, 15) is 0 Å². The minimum absolute atomic E-state index is 0.830. The quantitative estimate of drug-likeness (QED) is 0.743. The molecule has 0 spiro atoms. The zero-order valence-corrected chi connectivity index (χ0v) is 15.3. The van der Waals surface area contributed by atoms with Crippen LogP contribution in [0.25, 0.3) is 11.4 Å². The fraction of sp³-hybridized carbons (Fsp3) is 0.412. The van der Waals surface area contributed by atoms with Gasteiger partial charge >= 0.3 is 0 Å². The normalized spacial score (nSPS) is 10.7. The number of nitrogens with zero attached hydrogens (tertiary/aromatic N) is 2. The molecule has 4 heteroatoms. The van der Waals surface area contributed by atoms with Gasteiger partial charge in [-0.15, -0.1) is 0 Å². The number of aryl methyl sites for hydroxylation is 2. The molecule has 1 N–H and O–H groups in total. The Hall–Kier alpha value is -1.17. The first-order valence-electron chi connectivity index (χ1n) is 7.45. The van der Waals surface area contributed by atoms with E-state index in [1.807, 2.05) is 0 Å². The van der Waals surface area contributed by atoms with Gasteiger partial charge in [0.1, 0.15) is 5.82 Å². The molecule has 0 aliphatic rings. The van der Waals surface area contributed by atoms with Crippen molar-refractivity contribution in [3.63, 3.8) is 0 Å². The number of hydrogen-bond donors (Lipinski definition) is 1. The van der Waals surface area contributed by atoms with E-state index in [0.29, 0.717) is 0 Å². The van der Waals surface area contributed by atoms with Crippen LogP contribution < -0.4 is 5.32 Å². The van der Waals surface area contributed by atoms with Gasteiger partial charge in [-0.2, -0.15) is 0 Å². The lowest BCUT2D eigenvalue weighted by molar-refractivity contribution is 0.866. The van der Waals surface area contributed by atoms with Gasteiger partial charge < -0.3 is 5.32 Å². The van der Waals surface area contributed by atoms with Gasteiger partial charge in [0.25, 0.3) is 0 Å². The predicted molar refractivity (Wildman–Crippen MR) is 97.8 cm³/mol. The third-order valence-corrected chi connectivity index (χ3v) is 4.73. The Bertz CT molecular complexity index is 611. The van der Waals surface area contributed by atoms with Gasteiger partial charge in [0, 0.05) is 12.1 Å². The first-order chi connectivity index (χ1) is 10.1. The van der Waals surface area contributed by atoms with Gasteiger partial charge in [-0.05, 0) is 60.9 Å². The Morgan fingerprint density at radius 3 is 2.57 bits per heavy atom. The molecule has 1 heterocycles. The van der Waals surface area contributed by atoms with Crippen molar-refractivity contribution in [2.75, 3.05) is 11.9 Å². The van der Waals surface area contributed by atoms with Crippen LogP contribution in [-0.4, -0.2) is 16.5 Å². The van der Waals surface area contributed by atoms with Crippen LogP contribution in [0, 0.1) is 17.4 Å². The SMILES string of the molecule is CCCc1nc(-c2cccc(C)c2C)nc(NCC)c1I. The highest BCUT2D eigenvalue weighted by atomic mass is 127. The third kappa shape index (κ3) is 3.54. The summed E-state index contributed by atoms with van der Waals surface area (Å²) in [6.45, 7) is 9.41. The molecule has 112 valence electrons. The monoisotopic (exact) mass is 395 g/mol. The summed E-state index contributed by atoms with van der Waals surface area (Å²) in [5, 5.41) is 3.36. The van der Waals surface area contributed by atoms with Crippen LogP contribution in [0.15, 0.2) is 18.2 Å². The maximum atomic E-state index is 4.82. The molecule has 0 aliphatic heterocycles. The molecule has 21 heavy (non-hydrogen) atoms. The lowest BCUT2D eigenvalue weighted by atomic mass is 10.0. The van der Waals surface area contributed by atoms with Crippen LogP contribution in [-0.2, 0) is 6.42 Å². The lowest BCUT2D eigenvalue weighted by Gasteiger charge is -2.14. The summed E-state index contributed by atoms with van der Waals surface area (Å²) < 4.78 is 1.14. The molecule has 1 aromatic carbocycles. The van der Waals surface area contributed by atoms with Crippen LogP contribution in [0.3, 0.4) is 0 Å². The molecule has 0 amide bonds. The van der Waals surface area contributed by atoms with E-state index in [2.05, 4.69) is 73.8 Å². The van der Waals surface area contributed by atoms with Crippen molar-refractivity contribution in [2.45, 2.75) is 40.5 Å². The number of rotatable bonds is 5. The minimum atomic E-state index is 0.830. The molecule has 0 fully saturated rings. The second-order valence-corrected chi connectivity index (χ2v) is 6.26. The molecule has 0 saturated carbocycles. The van der Waals surface area contributed by atoms with Gasteiger partial charge in [0.15, 0.2) is 5.82 Å². The van der Waals surface area contributed by atoms with E-state index in [-0.39, 0.29) is 0 Å². The zero-order chi connectivity index (χ0) is 15.4. The summed E-state index contributed by atoms with van der Waals surface area (Å²) in [6, 6.07) is 6.31. The number of halogens is 1. The fourth-order valence-corrected chi connectivity index (χ4v) is 3.00. The molecule has 0 aliphatic carbocycles. The Morgan fingerprint density at radius 1 is 1.14 bits per heavy atom. The van der Waals surface area contributed by atoms with Gasteiger partial charge in [-0.25, -0.2) is 9.97 Å². The third-order valence-electron chi connectivity index (χ3n) is 3.60. The molecule has 0 saturated heterocycles. The number of benzene rings is 1. The van der Waals surface area contributed by atoms with E-state index in [4.69, 9.17) is 9.97 Å². The average Bonchev–Trinajstić information content (AvgIpc) is 2.46. The average molecular weight is 395 g/mol. The topological polar surface area (TPSA) is 37.8 Å². The van der Waals surface area contributed by atoms with Crippen molar-refractivity contribution >= 4 is 28.4 Å². The Balaban J connectivity index is 2.60. The standard InChI is InChI=1S/C17H22IN3/c1-5-8-14-15(18)17(19-6-2)21-16(20-14)13-10-7-9-11(3)12(13)4/h7,9-10H,5-6,8H2,1-4H3,(H,19,20,21). The maximum Gasteiger partial charge on any atom is 0.162 e. The van der Waals surface area contributed by atoms with Crippen LogP contribution in [0.1, 0.15) is 37.1 Å². The van der Waals surface area contributed by atoms with Crippen LogP contribution in [0.4, 0.5) is 5.82 Å². The van der Waals surface area contributed by atoms with Gasteiger partial charge in [0.05, 0.1) is 9.26 Å². The molecule has 2 aromatic rings. The molecule has 0 atom stereocenters. The summed E-state index contributed by atoms with van der Waals surface area (Å²) in [7, 11) is 0. The number of nitrogens with one attached hydrogen (secondary N) is 1. The van der Waals surface area contributed by atoms with E-state index >= 15 is 0 Å². The minimum Gasteiger partial charge on any atom is -0.369 e. The highest BCUT2D eigenvalue weighted by Gasteiger charge is 2.14. The van der Waals surface area contributed by atoms with Gasteiger partial charge in [-0.1, -0.05) is 31.5 Å². The molecule has 0 radical (unpaired) electrons. The van der Waals surface area contributed by atoms with Crippen molar-refractivity contribution < 1.29 is 0 Å². The highest BCUT2D eigenvalue weighted by Crippen LogP contribution is 2.27. The number of hydrogen-bond acceptors (Lipinski definition) is 3. The Morgan fingerprint density at radius 2 is 1.90 bits per heavy atom. The summed E-state index contributed by atoms with van der Waals surface area (Å²) in [5.74, 6) is 1.78. The van der Waals surface area contributed by atoms with Crippen LogP contribution >= 0.6 is 22.6 Å². The molecule has 2 rings (SSSR count). The fourth-order valence-electron chi connectivity index (χ4n) is 2.29. The van der Waals surface area contributed by atoms with Crippen molar-refractivity contribution in [1.29, 1.82) is 0 Å². The second-order valence-electron chi connectivity index (χ2n) is 5.18. The van der Waals surface area contributed by atoms with E-state index < -0.39 is 0 Å². The molecule has 0 bridgehead atoms. The Labute approximate surface area is 140 Å². The largest absolute Gasteiger partial charge is 0.369 e. The maximum absolute atomic E-state index is 4.82. The van der Waals surface area contributed by atoms with Crippen molar-refractivity contribution in [3.05, 3.63) is 38.6 Å². The van der Waals surface area contributed by atoms with Crippen molar-refractivity contribution in [1.82, 2.24) is 9.97 Å². The van der Waals surface area contributed by atoms with Gasteiger partial charge in [-0.3, -0.25) is 0 Å². The first-order valence-corrected chi connectivity index (χ1v) is 8.53. The molecular formula is C17H22IN3. The number of aromatic nitrogens is 2. The predicted octanol–water partition coefficient (Wildman–Crippen LogP) is 4.75. The second kappa shape index (κ2) is 7.20. The summed E-state index contributed by atoms with van der Waals surface area (Å²) >= 11 is 2.35. The molecular weight excluding hydrogens is 373 g/mol. The molecule has 3 nitrogen and oxygen atoms in total. The van der Waals surface area contributed by atoms with E-state index in [1.165, 1.54) is 11.1 Å². The van der Waals surface area contributed by atoms with E-state index in [1.54, 1.807) is 0 Å². The van der Waals surface area contributed by atoms with Crippen LogP contribution in [0.5, 0.6) is 0 Å². The summed E-state index contributed by atoms with van der Waals surface area (Å²) in [4.78, 5) is 9.57. The van der Waals surface area contributed by atoms with Crippen molar-refractivity contribution in [3.8, 4) is 11.4 Å². The van der Waals surface area contributed by atoms with Gasteiger partial charge in [0.2, 0.25) is 0 Å². The highest BCUT2D eigenvalue weighted by molar-refractivity contribution is 14.1. The van der Waals surface area contributed by atoms with Crippen LogP contribution in [0.2, 0.25) is 0 Å².